The van der Waals surface area contributed by atoms with Crippen molar-refractivity contribution >= 4 is 29.2 Å². The first kappa shape index (κ1) is 17.6. The summed E-state index contributed by atoms with van der Waals surface area (Å²) in [5.74, 6) is -0.125. The summed E-state index contributed by atoms with van der Waals surface area (Å²) in [5, 5.41) is 0.545. The molecule has 0 N–H and O–H groups in total. The van der Waals surface area contributed by atoms with Crippen molar-refractivity contribution in [3.8, 4) is 5.75 Å². The Kier molecular flexibility index (Phi) is 5.55. The number of ether oxygens (including phenoxy) is 2. The Balaban J connectivity index is 2.15. The number of rotatable bonds is 4. The molecular weight excluding hydrogens is 335 g/mol. The van der Waals surface area contributed by atoms with Crippen molar-refractivity contribution in [3.63, 3.8) is 0 Å². The van der Waals surface area contributed by atoms with Gasteiger partial charge in [0.1, 0.15) is 12.2 Å². The van der Waals surface area contributed by atoms with Crippen LogP contribution in [0.15, 0.2) is 42.5 Å². The fourth-order valence-corrected chi connectivity index (χ4v) is 2.48. The molecule has 3 nitrogen and oxygen atoms in total. The lowest BCUT2D eigenvalue weighted by atomic mass is 10.1. The van der Waals surface area contributed by atoms with Gasteiger partial charge in [-0.2, -0.15) is 0 Å². The van der Waals surface area contributed by atoms with E-state index in [1.165, 1.54) is 12.1 Å². The fourth-order valence-electron chi connectivity index (χ4n) is 1.88. The molecule has 0 aliphatic carbocycles. The molecule has 0 amide bonds. The van der Waals surface area contributed by atoms with E-state index in [-0.39, 0.29) is 10.0 Å². The highest BCUT2D eigenvalue weighted by Gasteiger charge is 2.20. The minimum atomic E-state index is -0.585. The van der Waals surface area contributed by atoms with Gasteiger partial charge in [0.05, 0.1) is 15.6 Å². The highest BCUT2D eigenvalue weighted by atomic mass is 35.5. The molecule has 122 valence electrons. The zero-order valence-corrected chi connectivity index (χ0v) is 14.7. The highest BCUT2D eigenvalue weighted by Crippen LogP contribution is 2.35. The van der Waals surface area contributed by atoms with Crippen LogP contribution in [0.1, 0.15) is 36.7 Å². The molecule has 0 aliphatic heterocycles. The Morgan fingerprint density at radius 2 is 1.61 bits per heavy atom. The van der Waals surface area contributed by atoms with Crippen LogP contribution in [0.5, 0.6) is 5.75 Å². The maximum Gasteiger partial charge on any atom is 0.338 e. The predicted molar refractivity (Wildman–Crippen MR) is 92.4 cm³/mol. The predicted octanol–water partition coefficient (Wildman–Crippen LogP) is 5.53. The lowest BCUT2D eigenvalue weighted by molar-refractivity contribution is 0.00695. The zero-order chi connectivity index (χ0) is 17.0. The summed E-state index contributed by atoms with van der Waals surface area (Å²) in [6.45, 7) is 5.73. The van der Waals surface area contributed by atoms with Crippen molar-refractivity contribution < 1.29 is 14.3 Å². The molecule has 0 heterocycles. The van der Waals surface area contributed by atoms with Gasteiger partial charge in [-0.05, 0) is 38.5 Å². The molecule has 0 unspecified atom stereocenters. The smallest absolute Gasteiger partial charge is 0.338 e. The van der Waals surface area contributed by atoms with E-state index in [2.05, 4.69) is 0 Å². The SMILES string of the molecule is CC(C)(C)OC(=O)c1cc(Cl)c(OCc2ccccc2)c(Cl)c1. The van der Waals surface area contributed by atoms with Gasteiger partial charge in [-0.1, -0.05) is 53.5 Å². The average molecular weight is 353 g/mol. The molecule has 0 radical (unpaired) electrons. The Morgan fingerprint density at radius 1 is 1.04 bits per heavy atom. The molecule has 0 atom stereocenters. The third-order valence-corrected chi connectivity index (χ3v) is 3.42. The standard InChI is InChI=1S/C18H18Cl2O3/c1-18(2,3)23-17(21)13-9-14(19)16(15(20)10-13)22-11-12-7-5-4-6-8-12/h4-10H,11H2,1-3H3. The van der Waals surface area contributed by atoms with E-state index in [1.807, 2.05) is 30.3 Å². The van der Waals surface area contributed by atoms with E-state index < -0.39 is 11.6 Å². The molecular formula is C18H18Cl2O3. The molecule has 0 saturated carbocycles. The molecule has 0 spiro atoms. The molecule has 2 rings (SSSR count). The lowest BCUT2D eigenvalue weighted by Gasteiger charge is -2.20. The number of esters is 1. The minimum absolute atomic E-state index is 0.272. The Hall–Kier alpha value is -1.71. The van der Waals surface area contributed by atoms with Gasteiger partial charge in [-0.25, -0.2) is 4.79 Å². The van der Waals surface area contributed by atoms with Gasteiger partial charge < -0.3 is 9.47 Å². The first-order chi connectivity index (χ1) is 10.8. The first-order valence-electron chi connectivity index (χ1n) is 7.15. The topological polar surface area (TPSA) is 35.5 Å². The second-order valence-electron chi connectivity index (χ2n) is 6.05. The van der Waals surface area contributed by atoms with E-state index in [0.29, 0.717) is 17.9 Å². The van der Waals surface area contributed by atoms with Crippen molar-refractivity contribution in [2.75, 3.05) is 0 Å². The number of carbonyl (C=O) groups is 1. The minimum Gasteiger partial charge on any atom is -0.486 e. The molecule has 5 heteroatoms. The lowest BCUT2D eigenvalue weighted by Crippen LogP contribution is -2.23. The Bertz CT molecular complexity index is 668. The molecule has 0 aliphatic rings. The zero-order valence-electron chi connectivity index (χ0n) is 13.2. The van der Waals surface area contributed by atoms with Crippen LogP contribution < -0.4 is 4.74 Å². The van der Waals surface area contributed by atoms with Crippen LogP contribution in [-0.4, -0.2) is 11.6 Å². The number of hydrogen-bond acceptors (Lipinski definition) is 3. The van der Waals surface area contributed by atoms with E-state index in [4.69, 9.17) is 32.7 Å². The largest absolute Gasteiger partial charge is 0.486 e. The van der Waals surface area contributed by atoms with Gasteiger partial charge in [-0.3, -0.25) is 0 Å². The van der Waals surface area contributed by atoms with Crippen molar-refractivity contribution in [1.29, 1.82) is 0 Å². The maximum absolute atomic E-state index is 12.1. The number of carbonyl (C=O) groups excluding carboxylic acids is 1. The van der Waals surface area contributed by atoms with Crippen molar-refractivity contribution in [3.05, 3.63) is 63.6 Å². The summed E-state index contributed by atoms with van der Waals surface area (Å²) < 4.78 is 11.0. The third-order valence-electron chi connectivity index (χ3n) is 2.86. The molecule has 2 aromatic carbocycles. The Labute approximate surface area is 146 Å². The molecule has 23 heavy (non-hydrogen) atoms. The Morgan fingerprint density at radius 3 is 2.13 bits per heavy atom. The summed E-state index contributed by atoms with van der Waals surface area (Å²) in [7, 11) is 0. The molecule has 2 aromatic rings. The number of halogens is 2. The number of benzene rings is 2. The van der Waals surface area contributed by atoms with Crippen LogP contribution in [0.2, 0.25) is 10.0 Å². The number of hydrogen-bond donors (Lipinski definition) is 0. The van der Waals surface area contributed by atoms with Crippen molar-refractivity contribution in [2.24, 2.45) is 0 Å². The van der Waals surface area contributed by atoms with Crippen molar-refractivity contribution in [2.45, 2.75) is 33.0 Å². The third kappa shape index (κ3) is 5.15. The maximum atomic E-state index is 12.1. The second kappa shape index (κ2) is 7.24. The van der Waals surface area contributed by atoms with E-state index >= 15 is 0 Å². The summed E-state index contributed by atoms with van der Waals surface area (Å²) in [4.78, 5) is 12.1. The van der Waals surface area contributed by atoms with Gasteiger partial charge in [0, 0.05) is 0 Å². The summed E-state index contributed by atoms with van der Waals surface area (Å²) >= 11 is 12.4. The van der Waals surface area contributed by atoms with Gasteiger partial charge in [0.25, 0.3) is 0 Å². The van der Waals surface area contributed by atoms with E-state index in [9.17, 15) is 4.79 Å². The van der Waals surface area contributed by atoms with Gasteiger partial charge in [0.2, 0.25) is 0 Å². The highest BCUT2D eigenvalue weighted by molar-refractivity contribution is 6.37. The van der Waals surface area contributed by atoms with Gasteiger partial charge >= 0.3 is 5.97 Å². The summed E-state index contributed by atoms with van der Waals surface area (Å²) in [5.41, 5.74) is 0.705. The van der Waals surface area contributed by atoms with Crippen LogP contribution in [0.4, 0.5) is 0 Å². The molecule has 0 saturated heterocycles. The molecule has 0 fully saturated rings. The normalized spacial score (nSPS) is 11.2. The van der Waals surface area contributed by atoms with Crippen molar-refractivity contribution in [1.82, 2.24) is 0 Å². The van der Waals surface area contributed by atoms with Crippen LogP contribution in [-0.2, 0) is 11.3 Å². The van der Waals surface area contributed by atoms with Crippen LogP contribution in [0.25, 0.3) is 0 Å². The van der Waals surface area contributed by atoms with Crippen LogP contribution in [0.3, 0.4) is 0 Å². The van der Waals surface area contributed by atoms with Crippen LogP contribution in [0, 0.1) is 0 Å². The summed E-state index contributed by atoms with van der Waals surface area (Å²) in [6, 6.07) is 12.7. The van der Waals surface area contributed by atoms with Gasteiger partial charge in [0.15, 0.2) is 5.75 Å². The van der Waals surface area contributed by atoms with Crippen LogP contribution >= 0.6 is 23.2 Å². The quantitative estimate of drug-likeness (QED) is 0.678. The second-order valence-corrected chi connectivity index (χ2v) is 6.86. The first-order valence-corrected chi connectivity index (χ1v) is 7.91. The molecule has 0 aromatic heterocycles. The van der Waals surface area contributed by atoms with E-state index in [1.54, 1.807) is 20.8 Å². The average Bonchev–Trinajstić information content (AvgIpc) is 2.45. The molecule has 0 bridgehead atoms. The summed E-state index contributed by atoms with van der Waals surface area (Å²) in [6.07, 6.45) is 0. The fraction of sp³-hybridized carbons (Fsp3) is 0.278. The van der Waals surface area contributed by atoms with Gasteiger partial charge in [-0.15, -0.1) is 0 Å². The van der Waals surface area contributed by atoms with E-state index in [0.717, 1.165) is 5.56 Å². The monoisotopic (exact) mass is 352 g/mol.